The van der Waals surface area contributed by atoms with Crippen LogP contribution in [-0.2, 0) is 13.0 Å². The van der Waals surface area contributed by atoms with Crippen LogP contribution in [0.15, 0.2) is 34.7 Å². The second-order valence-corrected chi connectivity index (χ2v) is 7.14. The molecule has 21 heavy (non-hydrogen) atoms. The Morgan fingerprint density at radius 1 is 1.24 bits per heavy atom. The van der Waals surface area contributed by atoms with Crippen LogP contribution in [0.5, 0.6) is 0 Å². The first kappa shape index (κ1) is 14.4. The van der Waals surface area contributed by atoms with Crippen LogP contribution in [0.4, 0.5) is 0 Å². The Kier molecular flexibility index (Phi) is 3.66. The minimum absolute atomic E-state index is 0.292. The SMILES string of the molecule is Cc1cc2c(o1)CC(C)(C)CC2NCc1ccccc1C. The summed E-state index contributed by atoms with van der Waals surface area (Å²) in [6.07, 6.45) is 2.20. The second kappa shape index (κ2) is 5.34. The Morgan fingerprint density at radius 3 is 2.76 bits per heavy atom. The van der Waals surface area contributed by atoms with Crippen LogP contribution in [0.25, 0.3) is 0 Å². The summed E-state index contributed by atoms with van der Waals surface area (Å²) < 4.78 is 5.91. The van der Waals surface area contributed by atoms with Gasteiger partial charge in [0, 0.05) is 24.6 Å². The van der Waals surface area contributed by atoms with Gasteiger partial charge in [0.1, 0.15) is 11.5 Å². The number of furan rings is 1. The van der Waals surface area contributed by atoms with Crippen molar-refractivity contribution < 1.29 is 4.42 Å². The minimum atomic E-state index is 0.292. The molecule has 2 heteroatoms. The van der Waals surface area contributed by atoms with Crippen molar-refractivity contribution in [1.82, 2.24) is 5.32 Å². The highest BCUT2D eigenvalue weighted by atomic mass is 16.3. The van der Waals surface area contributed by atoms with Crippen molar-refractivity contribution in [3.8, 4) is 0 Å². The Bertz CT molecular complexity index is 639. The first-order valence-electron chi connectivity index (χ1n) is 7.82. The molecule has 0 amide bonds. The smallest absolute Gasteiger partial charge is 0.109 e. The Morgan fingerprint density at radius 2 is 2.00 bits per heavy atom. The van der Waals surface area contributed by atoms with E-state index in [1.807, 2.05) is 6.92 Å². The molecule has 1 aromatic heterocycles. The van der Waals surface area contributed by atoms with Crippen LogP contribution < -0.4 is 5.32 Å². The van der Waals surface area contributed by atoms with Crippen LogP contribution in [0.3, 0.4) is 0 Å². The van der Waals surface area contributed by atoms with E-state index in [9.17, 15) is 0 Å². The van der Waals surface area contributed by atoms with Gasteiger partial charge in [-0.25, -0.2) is 0 Å². The number of hydrogen-bond acceptors (Lipinski definition) is 2. The molecule has 2 aromatic rings. The first-order valence-corrected chi connectivity index (χ1v) is 7.82. The quantitative estimate of drug-likeness (QED) is 0.883. The van der Waals surface area contributed by atoms with Crippen molar-refractivity contribution >= 4 is 0 Å². The maximum absolute atomic E-state index is 5.91. The molecule has 1 unspecified atom stereocenters. The monoisotopic (exact) mass is 283 g/mol. The zero-order chi connectivity index (χ0) is 15.0. The molecule has 0 radical (unpaired) electrons. The lowest BCUT2D eigenvalue weighted by Gasteiger charge is -2.35. The molecule has 1 aromatic carbocycles. The second-order valence-electron chi connectivity index (χ2n) is 7.14. The van der Waals surface area contributed by atoms with E-state index in [0.717, 1.165) is 25.1 Å². The Balaban J connectivity index is 1.80. The van der Waals surface area contributed by atoms with Gasteiger partial charge in [0.15, 0.2) is 0 Å². The molecule has 112 valence electrons. The summed E-state index contributed by atoms with van der Waals surface area (Å²) in [5.74, 6) is 2.20. The molecular weight excluding hydrogens is 258 g/mol. The summed E-state index contributed by atoms with van der Waals surface area (Å²) in [6.45, 7) is 9.79. The van der Waals surface area contributed by atoms with Gasteiger partial charge in [0.2, 0.25) is 0 Å². The summed E-state index contributed by atoms with van der Waals surface area (Å²) in [5, 5.41) is 3.74. The molecule has 0 saturated heterocycles. The van der Waals surface area contributed by atoms with Gasteiger partial charge in [0.25, 0.3) is 0 Å². The highest BCUT2D eigenvalue weighted by molar-refractivity contribution is 5.30. The molecule has 0 fully saturated rings. The zero-order valence-corrected chi connectivity index (χ0v) is 13.5. The van der Waals surface area contributed by atoms with Gasteiger partial charge in [-0.1, -0.05) is 38.1 Å². The molecule has 3 rings (SSSR count). The molecule has 0 aliphatic heterocycles. The first-order chi connectivity index (χ1) is 9.94. The average Bonchev–Trinajstić information content (AvgIpc) is 2.76. The predicted octanol–water partition coefficient (Wildman–Crippen LogP) is 4.70. The standard InChI is InChI=1S/C19H25NO/c1-13-7-5-6-8-15(13)12-20-17-10-19(3,4)11-18-16(17)9-14(2)21-18/h5-9,17,20H,10-12H2,1-4H3. The summed E-state index contributed by atoms with van der Waals surface area (Å²) in [6, 6.07) is 11.2. The fourth-order valence-electron chi connectivity index (χ4n) is 3.41. The number of fused-ring (bicyclic) bond motifs is 1. The fourth-order valence-corrected chi connectivity index (χ4v) is 3.41. The van der Waals surface area contributed by atoms with E-state index in [1.165, 1.54) is 22.5 Å². The Labute approximate surface area is 127 Å². The third-order valence-corrected chi connectivity index (χ3v) is 4.54. The highest BCUT2D eigenvalue weighted by Gasteiger charge is 2.34. The van der Waals surface area contributed by atoms with E-state index >= 15 is 0 Å². The van der Waals surface area contributed by atoms with Crippen LogP contribution >= 0.6 is 0 Å². The number of nitrogens with one attached hydrogen (secondary N) is 1. The molecule has 1 atom stereocenters. The summed E-state index contributed by atoms with van der Waals surface area (Å²) in [4.78, 5) is 0. The van der Waals surface area contributed by atoms with E-state index in [-0.39, 0.29) is 0 Å². The van der Waals surface area contributed by atoms with E-state index in [0.29, 0.717) is 11.5 Å². The summed E-state index contributed by atoms with van der Waals surface area (Å²) in [7, 11) is 0. The molecular formula is C19H25NO. The molecule has 1 aliphatic rings. The van der Waals surface area contributed by atoms with Crippen LogP contribution in [0.1, 0.15) is 54.5 Å². The van der Waals surface area contributed by atoms with Crippen LogP contribution in [0, 0.1) is 19.3 Å². The molecule has 2 nitrogen and oxygen atoms in total. The normalized spacial score (nSPS) is 20.3. The fraction of sp³-hybridized carbons (Fsp3) is 0.474. The van der Waals surface area contributed by atoms with Crippen molar-refractivity contribution in [2.45, 2.75) is 53.1 Å². The van der Waals surface area contributed by atoms with Crippen molar-refractivity contribution in [3.63, 3.8) is 0 Å². The number of benzene rings is 1. The van der Waals surface area contributed by atoms with Crippen LogP contribution in [-0.4, -0.2) is 0 Å². The highest BCUT2D eigenvalue weighted by Crippen LogP contribution is 2.42. The maximum Gasteiger partial charge on any atom is 0.109 e. The third-order valence-electron chi connectivity index (χ3n) is 4.54. The van der Waals surface area contributed by atoms with Crippen molar-refractivity contribution in [2.24, 2.45) is 5.41 Å². The predicted molar refractivity (Wildman–Crippen MR) is 86.3 cm³/mol. The number of hydrogen-bond donors (Lipinski definition) is 1. The van der Waals surface area contributed by atoms with Gasteiger partial charge in [0.05, 0.1) is 0 Å². The minimum Gasteiger partial charge on any atom is -0.466 e. The Hall–Kier alpha value is -1.54. The lowest BCUT2D eigenvalue weighted by atomic mass is 9.74. The van der Waals surface area contributed by atoms with E-state index in [2.05, 4.69) is 56.4 Å². The molecule has 1 aliphatic carbocycles. The summed E-state index contributed by atoms with van der Waals surface area (Å²) >= 11 is 0. The average molecular weight is 283 g/mol. The molecule has 1 heterocycles. The van der Waals surface area contributed by atoms with Crippen molar-refractivity contribution in [3.05, 3.63) is 58.5 Å². The molecule has 0 spiro atoms. The van der Waals surface area contributed by atoms with Crippen molar-refractivity contribution in [2.75, 3.05) is 0 Å². The lowest BCUT2D eigenvalue weighted by molar-refractivity contribution is 0.233. The van der Waals surface area contributed by atoms with Crippen molar-refractivity contribution in [1.29, 1.82) is 0 Å². The van der Waals surface area contributed by atoms with Gasteiger partial charge in [-0.3, -0.25) is 0 Å². The van der Waals surface area contributed by atoms with Gasteiger partial charge < -0.3 is 9.73 Å². The van der Waals surface area contributed by atoms with Gasteiger partial charge >= 0.3 is 0 Å². The van der Waals surface area contributed by atoms with E-state index in [4.69, 9.17) is 4.42 Å². The molecule has 0 bridgehead atoms. The van der Waals surface area contributed by atoms with Crippen LogP contribution in [0.2, 0.25) is 0 Å². The molecule has 0 saturated carbocycles. The lowest BCUT2D eigenvalue weighted by Crippen LogP contribution is -2.32. The molecule has 1 N–H and O–H groups in total. The zero-order valence-electron chi connectivity index (χ0n) is 13.5. The number of rotatable bonds is 3. The maximum atomic E-state index is 5.91. The topological polar surface area (TPSA) is 25.2 Å². The largest absolute Gasteiger partial charge is 0.466 e. The number of aryl methyl sites for hydroxylation is 2. The van der Waals surface area contributed by atoms with E-state index < -0.39 is 0 Å². The summed E-state index contributed by atoms with van der Waals surface area (Å²) in [5.41, 5.74) is 4.38. The van der Waals surface area contributed by atoms with Gasteiger partial charge in [-0.15, -0.1) is 0 Å². The van der Waals surface area contributed by atoms with Gasteiger partial charge in [-0.2, -0.15) is 0 Å². The van der Waals surface area contributed by atoms with Gasteiger partial charge in [-0.05, 0) is 42.9 Å². The third kappa shape index (κ3) is 3.06. The van der Waals surface area contributed by atoms with E-state index in [1.54, 1.807) is 0 Å².